The largest absolute Gasteiger partial charge is 0.375 e. The Kier molecular flexibility index (Phi) is 6.51. The number of rotatable bonds is 8. The number of anilines is 1. The lowest BCUT2D eigenvalue weighted by Crippen LogP contribution is -2.34. The quantitative estimate of drug-likeness (QED) is 0.488. The monoisotopic (exact) mass is 422 g/mol. The highest BCUT2D eigenvalue weighted by Crippen LogP contribution is 2.28. The number of hydrogen-bond donors (Lipinski definition) is 2. The number of carbonyl (C=O) groups is 1. The van der Waals surface area contributed by atoms with E-state index in [1.807, 2.05) is 12.1 Å². The van der Waals surface area contributed by atoms with Gasteiger partial charge in [0, 0.05) is 37.3 Å². The van der Waals surface area contributed by atoms with Crippen LogP contribution in [0.1, 0.15) is 54.1 Å². The molecule has 164 valence electrons. The number of hydrogen-bond acceptors (Lipinski definition) is 5. The summed E-state index contributed by atoms with van der Waals surface area (Å²) in [6.45, 7) is 5.91. The maximum atomic E-state index is 12.3. The second kappa shape index (κ2) is 9.47. The predicted octanol–water partition coefficient (Wildman–Crippen LogP) is 4.33. The summed E-state index contributed by atoms with van der Waals surface area (Å²) in [5, 5.41) is 17.7. The van der Waals surface area contributed by atoms with Gasteiger partial charge in [0.1, 0.15) is 5.69 Å². The molecular weight excluding hydrogens is 392 g/mol. The summed E-state index contributed by atoms with van der Waals surface area (Å²) in [5.41, 5.74) is 3.04. The Balaban J connectivity index is 1.46. The Bertz CT molecular complexity index is 958. The first-order valence-corrected chi connectivity index (χ1v) is 11.1. The van der Waals surface area contributed by atoms with Crippen molar-refractivity contribution in [3.05, 3.63) is 69.3 Å². The van der Waals surface area contributed by atoms with Gasteiger partial charge in [0.05, 0.1) is 4.92 Å². The minimum Gasteiger partial charge on any atom is -0.375 e. The fourth-order valence-electron chi connectivity index (χ4n) is 4.22. The molecule has 1 unspecified atom stereocenters. The van der Waals surface area contributed by atoms with Gasteiger partial charge in [-0.15, -0.1) is 0 Å². The number of nitro benzene ring substituents is 1. The van der Waals surface area contributed by atoms with Gasteiger partial charge in [-0.3, -0.25) is 19.8 Å². The van der Waals surface area contributed by atoms with Gasteiger partial charge in [-0.2, -0.15) is 0 Å². The summed E-state index contributed by atoms with van der Waals surface area (Å²) >= 11 is 0. The molecule has 0 radical (unpaired) electrons. The van der Waals surface area contributed by atoms with Crippen molar-refractivity contribution in [2.75, 3.05) is 18.4 Å². The molecule has 1 saturated carbocycles. The van der Waals surface area contributed by atoms with Crippen molar-refractivity contribution in [1.82, 2.24) is 10.2 Å². The predicted molar refractivity (Wildman–Crippen MR) is 121 cm³/mol. The number of amides is 1. The van der Waals surface area contributed by atoms with Gasteiger partial charge in [-0.05, 0) is 61.4 Å². The first kappa shape index (κ1) is 21.3. The number of piperidine rings is 1. The first-order valence-electron chi connectivity index (χ1n) is 11.1. The third-order valence-electron chi connectivity index (χ3n) is 6.09. The van der Waals surface area contributed by atoms with E-state index in [2.05, 4.69) is 34.6 Å². The van der Waals surface area contributed by atoms with Gasteiger partial charge in [0.25, 0.3) is 11.6 Å². The fraction of sp³-hybridized carbons (Fsp3) is 0.458. The summed E-state index contributed by atoms with van der Waals surface area (Å²) in [5.74, 6) is 0.468. The highest BCUT2D eigenvalue weighted by Gasteiger charge is 2.25. The standard InChI is InChI=1S/C24H30N4O3/c1-17-5-4-12-27(15-17)16-20-7-3-2-6-19(20)14-25-22-11-8-18(13-23(22)28(30)31)24(29)26-21-9-10-21/h2-3,6-8,11,13,17,21,25H,4-5,9-10,12,14-16H2,1H3,(H,26,29). The van der Waals surface area contributed by atoms with Crippen LogP contribution in [0.5, 0.6) is 0 Å². The van der Waals surface area contributed by atoms with E-state index in [-0.39, 0.29) is 17.6 Å². The molecule has 7 heteroatoms. The van der Waals surface area contributed by atoms with Crippen LogP contribution in [-0.4, -0.2) is 34.9 Å². The van der Waals surface area contributed by atoms with Crippen LogP contribution in [-0.2, 0) is 13.1 Å². The summed E-state index contributed by atoms with van der Waals surface area (Å²) < 4.78 is 0. The van der Waals surface area contributed by atoms with Crippen LogP contribution in [0.25, 0.3) is 0 Å². The third-order valence-corrected chi connectivity index (χ3v) is 6.09. The second-order valence-electron chi connectivity index (χ2n) is 8.84. The van der Waals surface area contributed by atoms with E-state index in [1.165, 1.54) is 24.5 Å². The molecular formula is C24H30N4O3. The molecule has 1 aliphatic heterocycles. The molecule has 1 aliphatic carbocycles. The molecule has 1 saturated heterocycles. The zero-order valence-corrected chi connectivity index (χ0v) is 18.0. The molecule has 0 bridgehead atoms. The summed E-state index contributed by atoms with van der Waals surface area (Å²) in [4.78, 5) is 25.9. The highest BCUT2D eigenvalue weighted by molar-refractivity contribution is 5.96. The first-order chi connectivity index (χ1) is 15.0. The molecule has 1 amide bonds. The smallest absolute Gasteiger partial charge is 0.293 e. The van der Waals surface area contributed by atoms with Crippen LogP contribution >= 0.6 is 0 Å². The van der Waals surface area contributed by atoms with Crippen molar-refractivity contribution < 1.29 is 9.72 Å². The van der Waals surface area contributed by atoms with E-state index in [0.29, 0.717) is 17.8 Å². The molecule has 1 atom stereocenters. The number of nitrogens with zero attached hydrogens (tertiary/aromatic N) is 2. The lowest BCUT2D eigenvalue weighted by molar-refractivity contribution is -0.384. The van der Waals surface area contributed by atoms with E-state index in [1.54, 1.807) is 12.1 Å². The average molecular weight is 423 g/mol. The Morgan fingerprint density at radius 2 is 1.94 bits per heavy atom. The van der Waals surface area contributed by atoms with Crippen LogP contribution in [0.2, 0.25) is 0 Å². The Hall–Kier alpha value is -2.93. The summed E-state index contributed by atoms with van der Waals surface area (Å²) in [6, 6.07) is 13.1. The number of nitro groups is 1. The van der Waals surface area contributed by atoms with E-state index in [0.717, 1.165) is 44.0 Å². The minimum absolute atomic E-state index is 0.0780. The number of carbonyl (C=O) groups excluding carboxylic acids is 1. The van der Waals surface area contributed by atoms with Gasteiger partial charge < -0.3 is 10.6 Å². The van der Waals surface area contributed by atoms with Crippen LogP contribution in [0.15, 0.2) is 42.5 Å². The number of nitrogens with one attached hydrogen (secondary N) is 2. The maximum Gasteiger partial charge on any atom is 0.293 e. The average Bonchev–Trinajstić information content (AvgIpc) is 3.57. The second-order valence-corrected chi connectivity index (χ2v) is 8.84. The van der Waals surface area contributed by atoms with Crippen molar-refractivity contribution in [2.45, 2.75) is 51.7 Å². The topological polar surface area (TPSA) is 87.5 Å². The van der Waals surface area contributed by atoms with Crippen molar-refractivity contribution in [3.63, 3.8) is 0 Å². The molecule has 0 spiro atoms. The Morgan fingerprint density at radius 3 is 2.65 bits per heavy atom. The van der Waals surface area contributed by atoms with Crippen molar-refractivity contribution >= 4 is 17.3 Å². The molecule has 2 N–H and O–H groups in total. The molecule has 0 aromatic heterocycles. The Labute approximate surface area is 183 Å². The van der Waals surface area contributed by atoms with E-state index in [4.69, 9.17) is 0 Å². The molecule has 2 aliphatic rings. The molecule has 1 heterocycles. The lowest BCUT2D eigenvalue weighted by atomic mass is 9.99. The minimum atomic E-state index is -0.433. The van der Waals surface area contributed by atoms with Gasteiger partial charge in [-0.1, -0.05) is 31.2 Å². The van der Waals surface area contributed by atoms with Crippen molar-refractivity contribution in [2.24, 2.45) is 5.92 Å². The highest BCUT2D eigenvalue weighted by atomic mass is 16.6. The van der Waals surface area contributed by atoms with E-state index < -0.39 is 4.92 Å². The molecule has 2 fully saturated rings. The maximum absolute atomic E-state index is 12.3. The summed E-state index contributed by atoms with van der Waals surface area (Å²) in [6.07, 6.45) is 4.47. The van der Waals surface area contributed by atoms with Crippen LogP contribution in [0, 0.1) is 16.0 Å². The SMILES string of the molecule is CC1CCCN(Cc2ccccc2CNc2ccc(C(=O)NC3CC3)cc2[N+](=O)[O-])C1. The van der Waals surface area contributed by atoms with Crippen molar-refractivity contribution in [1.29, 1.82) is 0 Å². The van der Waals surface area contributed by atoms with Gasteiger partial charge in [0.15, 0.2) is 0 Å². The Morgan fingerprint density at radius 1 is 1.16 bits per heavy atom. The number of benzene rings is 2. The number of likely N-dealkylation sites (tertiary alicyclic amines) is 1. The van der Waals surface area contributed by atoms with Crippen LogP contribution in [0.3, 0.4) is 0 Å². The molecule has 31 heavy (non-hydrogen) atoms. The van der Waals surface area contributed by atoms with Crippen molar-refractivity contribution in [3.8, 4) is 0 Å². The molecule has 7 nitrogen and oxygen atoms in total. The normalized spacial score (nSPS) is 19.1. The van der Waals surface area contributed by atoms with Gasteiger partial charge in [-0.25, -0.2) is 0 Å². The third kappa shape index (κ3) is 5.61. The van der Waals surface area contributed by atoms with Crippen LogP contribution in [0.4, 0.5) is 11.4 Å². The van der Waals surface area contributed by atoms with Gasteiger partial charge in [0.2, 0.25) is 0 Å². The zero-order valence-electron chi connectivity index (χ0n) is 18.0. The van der Waals surface area contributed by atoms with Crippen LogP contribution < -0.4 is 10.6 Å². The molecule has 2 aromatic rings. The summed E-state index contributed by atoms with van der Waals surface area (Å²) in [7, 11) is 0. The lowest BCUT2D eigenvalue weighted by Gasteiger charge is -2.31. The molecule has 2 aromatic carbocycles. The van der Waals surface area contributed by atoms with E-state index >= 15 is 0 Å². The van der Waals surface area contributed by atoms with E-state index in [9.17, 15) is 14.9 Å². The molecule has 4 rings (SSSR count). The fourth-order valence-corrected chi connectivity index (χ4v) is 4.22. The van der Waals surface area contributed by atoms with Gasteiger partial charge >= 0.3 is 0 Å². The zero-order chi connectivity index (χ0) is 21.8.